The van der Waals surface area contributed by atoms with E-state index in [2.05, 4.69) is 0 Å². The van der Waals surface area contributed by atoms with Crippen LogP contribution in [-0.4, -0.2) is 79.1 Å². The van der Waals surface area contributed by atoms with Crippen molar-refractivity contribution in [2.75, 3.05) is 40.0 Å². The molecule has 45 heavy (non-hydrogen) atoms. The van der Waals surface area contributed by atoms with Gasteiger partial charge in [0.05, 0.1) is 37.4 Å². The second-order valence-corrected chi connectivity index (χ2v) is 10.7. The third-order valence-electron chi connectivity index (χ3n) is 7.81. The van der Waals surface area contributed by atoms with Gasteiger partial charge in [-0.05, 0) is 64.1 Å². The molecule has 236 valence electrons. The molecule has 2 aromatic carbocycles. The van der Waals surface area contributed by atoms with Crippen molar-refractivity contribution in [2.45, 2.75) is 40.1 Å². The van der Waals surface area contributed by atoms with Crippen LogP contribution in [0.5, 0.6) is 11.5 Å². The average Bonchev–Trinajstić information content (AvgIpc) is 3.75. The van der Waals surface area contributed by atoms with Crippen LogP contribution in [0.2, 0.25) is 0 Å². The molecule has 2 amide bonds. The maximum Gasteiger partial charge on any atom is 0.261 e. The maximum absolute atomic E-state index is 14.5. The molecule has 0 bridgehead atoms. The molecule has 6 rings (SSSR count). The molecule has 0 fully saturated rings. The number of hydrogen-bond acceptors (Lipinski definition) is 9. The zero-order chi connectivity index (χ0) is 31.8. The first-order chi connectivity index (χ1) is 21.8. The zero-order valence-electron chi connectivity index (χ0n) is 25.9. The number of nitrogens with zero attached hydrogens (tertiary/aromatic N) is 2. The van der Waals surface area contributed by atoms with E-state index in [0.29, 0.717) is 65.0 Å². The number of amides is 2. The Morgan fingerprint density at radius 3 is 1.82 bits per heavy atom. The first-order valence-electron chi connectivity index (χ1n) is 15.1. The van der Waals surface area contributed by atoms with Gasteiger partial charge < -0.3 is 37.8 Å². The normalized spacial score (nSPS) is 16.0. The van der Waals surface area contributed by atoms with Crippen LogP contribution >= 0.6 is 0 Å². The van der Waals surface area contributed by atoms with E-state index >= 15 is 0 Å². The number of phenols is 1. The van der Waals surface area contributed by atoms with E-state index in [9.17, 15) is 14.7 Å². The standard InChI is InChI=1S/C34H36N2O9/c1-6-41-19(4)17-35-31(26-14-21-10-12-23(40-5)16-25(21)45-26)29-30(33(35)38)32(27-13-20-9-11-22(37)15-24(20)44-27)36(34(29)39)18-28(42-7-2)43-8-3/h9-16,19,28,37H,6-8,17-18H2,1-5H3. The van der Waals surface area contributed by atoms with E-state index in [1.54, 1.807) is 36.3 Å². The molecule has 2 aliphatic heterocycles. The summed E-state index contributed by atoms with van der Waals surface area (Å²) >= 11 is 0. The highest BCUT2D eigenvalue weighted by Gasteiger charge is 2.51. The van der Waals surface area contributed by atoms with Crippen LogP contribution in [-0.2, 0) is 23.8 Å². The smallest absolute Gasteiger partial charge is 0.261 e. The SMILES string of the molecule is CCOC(C)CN1C(=O)C2=C(c3cc4ccc(O)cc4o3)N(CC(OCC)OCC)C(=O)C2=C1c1cc2ccc(OC)cc2o1. The minimum absolute atomic E-state index is 0.0123. The molecule has 1 N–H and O–H groups in total. The fourth-order valence-corrected chi connectivity index (χ4v) is 5.92. The number of methoxy groups -OCH3 is 1. The van der Waals surface area contributed by atoms with Gasteiger partial charge in [0.2, 0.25) is 0 Å². The third kappa shape index (κ3) is 5.47. The number of aromatic hydroxyl groups is 1. The average molecular weight is 617 g/mol. The summed E-state index contributed by atoms with van der Waals surface area (Å²) in [5.41, 5.74) is 1.98. The van der Waals surface area contributed by atoms with Crippen molar-refractivity contribution in [3.05, 3.63) is 71.2 Å². The Morgan fingerprint density at radius 1 is 0.733 bits per heavy atom. The Balaban J connectivity index is 1.58. The van der Waals surface area contributed by atoms with Crippen molar-refractivity contribution in [3.63, 3.8) is 0 Å². The molecule has 0 aliphatic carbocycles. The van der Waals surface area contributed by atoms with Gasteiger partial charge in [0.15, 0.2) is 17.8 Å². The highest BCUT2D eigenvalue weighted by molar-refractivity contribution is 6.30. The number of phenolic OH excluding ortho intramolecular Hbond substituents is 1. The van der Waals surface area contributed by atoms with E-state index in [1.807, 2.05) is 45.9 Å². The first-order valence-corrected chi connectivity index (χ1v) is 15.1. The van der Waals surface area contributed by atoms with Crippen LogP contribution in [0.4, 0.5) is 0 Å². The van der Waals surface area contributed by atoms with Crippen molar-refractivity contribution in [3.8, 4) is 11.5 Å². The Bertz CT molecular complexity index is 1830. The number of rotatable bonds is 13. The Kier molecular flexibility index (Phi) is 8.41. The largest absolute Gasteiger partial charge is 0.508 e. The van der Waals surface area contributed by atoms with Crippen LogP contribution in [0.15, 0.2) is 68.5 Å². The molecule has 11 nitrogen and oxygen atoms in total. The Hall–Kier alpha value is -4.58. The summed E-state index contributed by atoms with van der Waals surface area (Å²) in [5, 5.41) is 11.6. The van der Waals surface area contributed by atoms with Gasteiger partial charge in [-0.25, -0.2) is 0 Å². The van der Waals surface area contributed by atoms with Crippen LogP contribution < -0.4 is 4.74 Å². The van der Waals surface area contributed by atoms with E-state index in [0.717, 1.165) is 5.39 Å². The lowest BCUT2D eigenvalue weighted by atomic mass is 10.1. The van der Waals surface area contributed by atoms with Crippen LogP contribution in [0.1, 0.15) is 39.2 Å². The van der Waals surface area contributed by atoms with Crippen LogP contribution in [0.3, 0.4) is 0 Å². The van der Waals surface area contributed by atoms with E-state index < -0.39 is 12.2 Å². The third-order valence-corrected chi connectivity index (χ3v) is 7.81. The monoisotopic (exact) mass is 616 g/mol. The lowest BCUT2D eigenvalue weighted by Crippen LogP contribution is -2.38. The van der Waals surface area contributed by atoms with Crippen LogP contribution in [0.25, 0.3) is 33.3 Å². The van der Waals surface area contributed by atoms with Gasteiger partial charge in [-0.15, -0.1) is 0 Å². The minimum Gasteiger partial charge on any atom is -0.508 e. The quantitative estimate of drug-likeness (QED) is 0.193. The number of carbonyl (C=O) groups is 2. The molecule has 0 saturated heterocycles. The Labute approximate surface area is 260 Å². The van der Waals surface area contributed by atoms with Gasteiger partial charge in [-0.1, -0.05) is 0 Å². The highest BCUT2D eigenvalue weighted by Crippen LogP contribution is 2.48. The second kappa shape index (κ2) is 12.4. The van der Waals surface area contributed by atoms with Gasteiger partial charge in [-0.2, -0.15) is 0 Å². The molecule has 4 aromatic rings. The predicted molar refractivity (Wildman–Crippen MR) is 166 cm³/mol. The van der Waals surface area contributed by atoms with Crippen molar-refractivity contribution < 1.29 is 42.5 Å². The second-order valence-electron chi connectivity index (χ2n) is 10.7. The molecule has 0 radical (unpaired) electrons. The number of furan rings is 2. The first kappa shape index (κ1) is 30.4. The van der Waals surface area contributed by atoms with E-state index in [1.165, 1.54) is 11.0 Å². The number of carbonyl (C=O) groups excluding carboxylic acids is 2. The fraction of sp³-hybridized carbons (Fsp3) is 0.353. The predicted octanol–water partition coefficient (Wildman–Crippen LogP) is 5.52. The zero-order valence-corrected chi connectivity index (χ0v) is 25.9. The summed E-state index contributed by atoms with van der Waals surface area (Å²) < 4.78 is 35.3. The summed E-state index contributed by atoms with van der Waals surface area (Å²) in [4.78, 5) is 32.1. The topological polar surface area (TPSA) is 124 Å². The molecule has 1 atom stereocenters. The number of hydrogen-bond donors (Lipinski definition) is 1. The van der Waals surface area contributed by atoms with Gasteiger partial charge in [0.1, 0.15) is 34.1 Å². The van der Waals surface area contributed by atoms with Crippen molar-refractivity contribution >= 4 is 45.1 Å². The van der Waals surface area contributed by atoms with Crippen molar-refractivity contribution in [1.82, 2.24) is 9.80 Å². The molecule has 4 heterocycles. The summed E-state index contributed by atoms with van der Waals surface area (Å²) in [6.45, 7) is 8.83. The molecule has 2 aromatic heterocycles. The molecule has 0 spiro atoms. The molecule has 11 heteroatoms. The molecular weight excluding hydrogens is 580 g/mol. The summed E-state index contributed by atoms with van der Waals surface area (Å²) in [7, 11) is 1.57. The Morgan fingerprint density at radius 2 is 1.27 bits per heavy atom. The molecule has 2 aliphatic rings. The van der Waals surface area contributed by atoms with Gasteiger partial charge in [-0.3, -0.25) is 14.5 Å². The maximum atomic E-state index is 14.5. The summed E-state index contributed by atoms with van der Waals surface area (Å²) in [6.07, 6.45) is -1.08. The van der Waals surface area contributed by atoms with E-state index in [4.69, 9.17) is 27.8 Å². The lowest BCUT2D eigenvalue weighted by molar-refractivity contribution is -0.150. The molecule has 0 saturated carbocycles. The van der Waals surface area contributed by atoms with Gasteiger partial charge in [0, 0.05) is 42.7 Å². The number of fused-ring (bicyclic) bond motifs is 3. The van der Waals surface area contributed by atoms with E-state index in [-0.39, 0.29) is 42.0 Å². The summed E-state index contributed by atoms with van der Waals surface area (Å²) in [5.74, 6) is 0.498. The minimum atomic E-state index is -0.751. The lowest BCUT2D eigenvalue weighted by Gasteiger charge is -2.27. The highest BCUT2D eigenvalue weighted by atomic mass is 16.7. The van der Waals surface area contributed by atoms with Crippen molar-refractivity contribution in [1.29, 1.82) is 0 Å². The van der Waals surface area contributed by atoms with Gasteiger partial charge >= 0.3 is 0 Å². The van der Waals surface area contributed by atoms with Gasteiger partial charge in [0.25, 0.3) is 11.8 Å². The van der Waals surface area contributed by atoms with Crippen molar-refractivity contribution in [2.24, 2.45) is 0 Å². The molecular formula is C34H36N2O9. The number of ether oxygens (including phenoxy) is 4. The fourth-order valence-electron chi connectivity index (χ4n) is 5.92. The summed E-state index contributed by atoms with van der Waals surface area (Å²) in [6, 6.07) is 13.8. The van der Waals surface area contributed by atoms with Crippen LogP contribution in [0, 0.1) is 0 Å². The molecule has 1 unspecified atom stereocenters. The number of benzene rings is 2.